The maximum absolute atomic E-state index is 9.92. The van der Waals surface area contributed by atoms with E-state index in [1.165, 1.54) is 0 Å². The maximum atomic E-state index is 9.92. The van der Waals surface area contributed by atoms with Crippen LogP contribution in [0.3, 0.4) is 0 Å². The van der Waals surface area contributed by atoms with E-state index in [1.54, 1.807) is 18.2 Å². The monoisotopic (exact) mass is 319 g/mol. The molecule has 0 saturated heterocycles. The van der Waals surface area contributed by atoms with Gasteiger partial charge in [-0.15, -0.1) is 0 Å². The number of benzene rings is 1. The van der Waals surface area contributed by atoms with Gasteiger partial charge in [0.25, 0.3) is 0 Å². The van der Waals surface area contributed by atoms with Crippen molar-refractivity contribution in [3.63, 3.8) is 0 Å². The Morgan fingerprint density at radius 1 is 1.25 bits per heavy atom. The fraction of sp³-hybridized carbons (Fsp3) is 0.600. The van der Waals surface area contributed by atoms with Crippen molar-refractivity contribution in [3.05, 3.63) is 28.2 Å². The number of aliphatic hydroxyl groups is 1. The summed E-state index contributed by atoms with van der Waals surface area (Å²) in [6, 6.07) is 5.53. The van der Waals surface area contributed by atoms with E-state index in [1.807, 2.05) is 0 Å². The van der Waals surface area contributed by atoms with Crippen molar-refractivity contribution in [2.24, 2.45) is 5.92 Å². The Morgan fingerprint density at radius 3 is 2.40 bits per heavy atom. The largest absolute Gasteiger partial charge is 0.488 e. The number of para-hydroxylation sites is 1. The summed E-state index contributed by atoms with van der Waals surface area (Å²) in [4.78, 5) is 0. The molecule has 0 saturated carbocycles. The highest BCUT2D eigenvalue weighted by Crippen LogP contribution is 2.32. The Hall–Kier alpha value is -0.480. The van der Waals surface area contributed by atoms with Crippen LogP contribution < -0.4 is 10.1 Å². The molecule has 0 aliphatic carbocycles. The molecule has 0 spiro atoms. The predicted octanol–water partition coefficient (Wildman–Crippen LogP) is 3.76. The first-order valence-corrected chi connectivity index (χ1v) is 7.69. The first-order valence-electron chi connectivity index (χ1n) is 6.94. The van der Waals surface area contributed by atoms with Crippen molar-refractivity contribution in [2.45, 2.75) is 39.3 Å². The molecule has 0 aliphatic rings. The molecule has 0 aliphatic heterocycles. The number of halogens is 2. The maximum Gasteiger partial charge on any atom is 0.156 e. The average molecular weight is 320 g/mol. The van der Waals surface area contributed by atoms with E-state index in [9.17, 15) is 5.11 Å². The first-order chi connectivity index (χ1) is 9.45. The van der Waals surface area contributed by atoms with Gasteiger partial charge in [0.2, 0.25) is 0 Å². The van der Waals surface area contributed by atoms with Crippen LogP contribution in [0.25, 0.3) is 0 Å². The number of rotatable bonds is 8. The van der Waals surface area contributed by atoms with Crippen LogP contribution in [0.15, 0.2) is 18.2 Å². The average Bonchev–Trinajstić information content (AvgIpc) is 2.43. The smallest absolute Gasteiger partial charge is 0.156 e. The van der Waals surface area contributed by atoms with Crippen LogP contribution in [0.1, 0.15) is 27.2 Å². The number of aliphatic hydroxyl groups excluding tert-OH is 1. The lowest BCUT2D eigenvalue weighted by atomic mass is 10.0. The van der Waals surface area contributed by atoms with Crippen LogP contribution >= 0.6 is 23.2 Å². The lowest BCUT2D eigenvalue weighted by Crippen LogP contribution is -2.39. The standard InChI is InChI=1S/C15H23Cl2NO2/c1-4-10(2)11(3)18-8-12(19)9-20-15-13(16)6-5-7-14(15)17/h5-7,10-12,18-19H,4,8-9H2,1-3H3. The van der Waals surface area contributed by atoms with Crippen molar-refractivity contribution in [2.75, 3.05) is 13.2 Å². The topological polar surface area (TPSA) is 41.5 Å². The van der Waals surface area contributed by atoms with Gasteiger partial charge < -0.3 is 15.2 Å². The van der Waals surface area contributed by atoms with Crippen LogP contribution in [-0.4, -0.2) is 30.4 Å². The lowest BCUT2D eigenvalue weighted by Gasteiger charge is -2.22. The highest BCUT2D eigenvalue weighted by molar-refractivity contribution is 6.37. The second kappa shape index (κ2) is 8.73. The molecule has 3 atom stereocenters. The number of hydrogen-bond acceptors (Lipinski definition) is 3. The SMILES string of the molecule is CCC(C)C(C)NCC(O)COc1c(Cl)cccc1Cl. The van der Waals surface area contributed by atoms with Gasteiger partial charge in [0, 0.05) is 12.6 Å². The molecule has 5 heteroatoms. The molecule has 0 aromatic heterocycles. The Morgan fingerprint density at radius 2 is 1.85 bits per heavy atom. The Bertz CT molecular complexity index is 395. The van der Waals surface area contributed by atoms with E-state index in [0.29, 0.717) is 34.3 Å². The minimum Gasteiger partial charge on any atom is -0.488 e. The minimum atomic E-state index is -0.603. The Balaban J connectivity index is 2.38. The van der Waals surface area contributed by atoms with E-state index in [0.717, 1.165) is 6.42 Å². The van der Waals surface area contributed by atoms with Crippen molar-refractivity contribution in [1.29, 1.82) is 0 Å². The summed E-state index contributed by atoms with van der Waals surface area (Å²) < 4.78 is 5.49. The minimum absolute atomic E-state index is 0.156. The number of ether oxygens (including phenoxy) is 1. The predicted molar refractivity (Wildman–Crippen MR) is 84.9 cm³/mol. The third-order valence-corrected chi connectivity index (χ3v) is 4.11. The molecule has 0 amide bonds. The molecule has 2 N–H and O–H groups in total. The van der Waals surface area contributed by atoms with Crippen molar-refractivity contribution in [1.82, 2.24) is 5.32 Å². The van der Waals surface area contributed by atoms with Gasteiger partial charge in [0.1, 0.15) is 12.7 Å². The van der Waals surface area contributed by atoms with Gasteiger partial charge in [0.05, 0.1) is 10.0 Å². The van der Waals surface area contributed by atoms with Crippen molar-refractivity contribution >= 4 is 23.2 Å². The van der Waals surface area contributed by atoms with Crippen LogP contribution in [0.4, 0.5) is 0 Å². The zero-order chi connectivity index (χ0) is 15.1. The summed E-state index contributed by atoms with van der Waals surface area (Å²) >= 11 is 12.0. The highest BCUT2D eigenvalue weighted by atomic mass is 35.5. The van der Waals surface area contributed by atoms with Gasteiger partial charge >= 0.3 is 0 Å². The molecule has 0 fully saturated rings. The van der Waals surface area contributed by atoms with E-state index < -0.39 is 6.10 Å². The van der Waals surface area contributed by atoms with Gasteiger partial charge in [-0.25, -0.2) is 0 Å². The molecule has 1 aromatic carbocycles. The third-order valence-electron chi connectivity index (χ3n) is 3.51. The zero-order valence-corrected chi connectivity index (χ0v) is 13.7. The molecule has 3 unspecified atom stereocenters. The van der Waals surface area contributed by atoms with E-state index >= 15 is 0 Å². The first kappa shape index (κ1) is 17.6. The van der Waals surface area contributed by atoms with Crippen LogP contribution in [0, 0.1) is 5.92 Å². The fourth-order valence-corrected chi connectivity index (χ4v) is 2.24. The quantitative estimate of drug-likeness (QED) is 0.766. The molecule has 0 heterocycles. The molecule has 114 valence electrons. The van der Waals surface area contributed by atoms with Gasteiger partial charge in [0.15, 0.2) is 5.75 Å². The summed E-state index contributed by atoms with van der Waals surface area (Å²) in [7, 11) is 0. The normalized spacial score (nSPS) is 15.7. The van der Waals surface area contributed by atoms with Crippen LogP contribution in [-0.2, 0) is 0 Å². The second-order valence-corrected chi connectivity index (χ2v) is 5.91. The fourth-order valence-electron chi connectivity index (χ4n) is 1.74. The molecular weight excluding hydrogens is 297 g/mol. The van der Waals surface area contributed by atoms with Gasteiger partial charge in [-0.2, -0.15) is 0 Å². The van der Waals surface area contributed by atoms with Gasteiger partial charge in [-0.05, 0) is 25.0 Å². The molecule has 0 radical (unpaired) electrons. The van der Waals surface area contributed by atoms with Crippen LogP contribution in [0.2, 0.25) is 10.0 Å². The van der Waals surface area contributed by atoms with Crippen molar-refractivity contribution in [3.8, 4) is 5.75 Å². The second-order valence-electron chi connectivity index (χ2n) is 5.10. The molecule has 1 rings (SSSR count). The number of nitrogens with one attached hydrogen (secondary N) is 1. The van der Waals surface area contributed by atoms with E-state index in [4.69, 9.17) is 27.9 Å². The van der Waals surface area contributed by atoms with Crippen LogP contribution in [0.5, 0.6) is 5.75 Å². The Kier molecular flexibility index (Phi) is 7.67. The molecular formula is C15H23Cl2NO2. The molecule has 3 nitrogen and oxygen atoms in total. The van der Waals surface area contributed by atoms with Gasteiger partial charge in [-0.3, -0.25) is 0 Å². The number of hydrogen-bond donors (Lipinski definition) is 2. The summed E-state index contributed by atoms with van der Waals surface area (Å²) in [5.74, 6) is 0.992. The van der Waals surface area contributed by atoms with Gasteiger partial charge in [-0.1, -0.05) is 49.5 Å². The van der Waals surface area contributed by atoms with Crippen molar-refractivity contribution < 1.29 is 9.84 Å². The van der Waals surface area contributed by atoms with E-state index in [2.05, 4.69) is 26.1 Å². The zero-order valence-electron chi connectivity index (χ0n) is 12.2. The third kappa shape index (κ3) is 5.49. The lowest BCUT2D eigenvalue weighted by molar-refractivity contribution is 0.102. The Labute approximate surface area is 131 Å². The highest BCUT2D eigenvalue weighted by Gasteiger charge is 2.13. The molecule has 20 heavy (non-hydrogen) atoms. The summed E-state index contributed by atoms with van der Waals surface area (Å²) in [5.41, 5.74) is 0. The van der Waals surface area contributed by atoms with E-state index in [-0.39, 0.29) is 6.61 Å². The summed E-state index contributed by atoms with van der Waals surface area (Å²) in [6.07, 6.45) is 0.504. The summed E-state index contributed by atoms with van der Waals surface area (Å²) in [6.45, 7) is 7.09. The summed E-state index contributed by atoms with van der Waals surface area (Å²) in [5, 5.41) is 14.1. The molecule has 1 aromatic rings. The molecule has 0 bridgehead atoms.